The number of ether oxygens (including phenoxy) is 1. The van der Waals surface area contributed by atoms with Gasteiger partial charge >= 0.3 is 0 Å². The maximum Gasteiger partial charge on any atom is 0.246 e. The number of aryl methyl sites for hydroxylation is 1. The van der Waals surface area contributed by atoms with Crippen LogP contribution >= 0.6 is 11.6 Å². The van der Waals surface area contributed by atoms with E-state index >= 15 is 0 Å². The molecule has 2 aromatic rings. The predicted octanol–water partition coefficient (Wildman–Crippen LogP) is 4.33. The lowest BCUT2D eigenvalue weighted by molar-refractivity contribution is -0.125. The zero-order valence-electron chi connectivity index (χ0n) is 13.5. The van der Waals surface area contributed by atoms with Gasteiger partial charge in [0.1, 0.15) is 5.75 Å². The number of carbonyl (C=O) groups excluding carboxylic acids is 1. The van der Waals surface area contributed by atoms with Crippen molar-refractivity contribution in [3.05, 3.63) is 70.3 Å². The molecule has 0 unspecified atom stereocenters. The quantitative estimate of drug-likeness (QED) is 0.764. The van der Waals surface area contributed by atoms with E-state index < -0.39 is 0 Å². The van der Waals surface area contributed by atoms with E-state index in [0.717, 1.165) is 22.4 Å². The number of likely N-dealkylation sites (N-methyl/N-ethyl adjacent to an activating group) is 1. The monoisotopic (exact) mass is 329 g/mol. The van der Waals surface area contributed by atoms with E-state index in [1.807, 2.05) is 43.3 Å². The van der Waals surface area contributed by atoms with Gasteiger partial charge in [-0.05, 0) is 36.8 Å². The van der Waals surface area contributed by atoms with Gasteiger partial charge in [-0.25, -0.2) is 0 Å². The standard InChI is InChI=1S/C19H20ClNO2/c1-14-7-9-18(23-3)16(11-14)13-21(2)19(22)10-8-15-5-4-6-17(20)12-15/h4-12H,13H2,1-3H3/b10-8+. The summed E-state index contributed by atoms with van der Waals surface area (Å²) in [5, 5.41) is 0.650. The van der Waals surface area contributed by atoms with Crippen LogP contribution in [0.3, 0.4) is 0 Å². The van der Waals surface area contributed by atoms with Crippen molar-refractivity contribution < 1.29 is 9.53 Å². The molecule has 0 atom stereocenters. The molecule has 0 aliphatic rings. The average molecular weight is 330 g/mol. The van der Waals surface area contributed by atoms with Crippen LogP contribution in [0.4, 0.5) is 0 Å². The fraction of sp³-hybridized carbons (Fsp3) is 0.211. The van der Waals surface area contributed by atoms with Crippen molar-refractivity contribution in [3.63, 3.8) is 0 Å². The molecule has 0 spiro atoms. The first-order valence-electron chi connectivity index (χ1n) is 7.32. The average Bonchev–Trinajstić information content (AvgIpc) is 2.53. The number of benzene rings is 2. The Morgan fingerprint density at radius 1 is 1.26 bits per heavy atom. The molecule has 0 heterocycles. The van der Waals surface area contributed by atoms with E-state index in [2.05, 4.69) is 0 Å². The van der Waals surface area contributed by atoms with Gasteiger partial charge in [0.25, 0.3) is 0 Å². The summed E-state index contributed by atoms with van der Waals surface area (Å²) < 4.78 is 5.35. The third-order valence-electron chi connectivity index (χ3n) is 3.49. The largest absolute Gasteiger partial charge is 0.496 e. The molecule has 0 aromatic heterocycles. The number of methoxy groups -OCH3 is 1. The summed E-state index contributed by atoms with van der Waals surface area (Å²) in [4.78, 5) is 13.9. The van der Waals surface area contributed by atoms with Crippen LogP contribution in [0.15, 0.2) is 48.5 Å². The van der Waals surface area contributed by atoms with Crippen molar-refractivity contribution in [3.8, 4) is 5.75 Å². The fourth-order valence-electron chi connectivity index (χ4n) is 2.27. The third kappa shape index (κ3) is 4.86. The molecule has 0 N–H and O–H groups in total. The molecule has 3 nitrogen and oxygen atoms in total. The predicted molar refractivity (Wildman–Crippen MR) is 94.7 cm³/mol. The van der Waals surface area contributed by atoms with Crippen molar-refractivity contribution in [1.29, 1.82) is 0 Å². The fourth-order valence-corrected chi connectivity index (χ4v) is 2.47. The maximum absolute atomic E-state index is 12.3. The number of rotatable bonds is 5. The molecule has 0 saturated carbocycles. The van der Waals surface area contributed by atoms with E-state index in [0.29, 0.717) is 11.6 Å². The summed E-state index contributed by atoms with van der Waals surface area (Å²) in [6, 6.07) is 13.3. The minimum atomic E-state index is -0.0754. The highest BCUT2D eigenvalue weighted by molar-refractivity contribution is 6.30. The summed E-state index contributed by atoms with van der Waals surface area (Å²) in [7, 11) is 3.40. The highest BCUT2D eigenvalue weighted by atomic mass is 35.5. The lowest BCUT2D eigenvalue weighted by atomic mass is 10.1. The first kappa shape index (κ1) is 17.1. The van der Waals surface area contributed by atoms with Gasteiger partial charge in [-0.15, -0.1) is 0 Å². The minimum Gasteiger partial charge on any atom is -0.496 e. The molecule has 0 aliphatic carbocycles. The second kappa shape index (κ2) is 7.84. The van der Waals surface area contributed by atoms with Crippen LogP contribution in [0.5, 0.6) is 5.75 Å². The van der Waals surface area contributed by atoms with Gasteiger partial charge in [0.2, 0.25) is 5.91 Å². The molecular formula is C19H20ClNO2. The van der Waals surface area contributed by atoms with E-state index in [4.69, 9.17) is 16.3 Å². The molecule has 0 bridgehead atoms. The molecule has 1 amide bonds. The molecule has 120 valence electrons. The second-order valence-corrected chi connectivity index (χ2v) is 5.83. The van der Waals surface area contributed by atoms with Crippen molar-refractivity contribution in [2.24, 2.45) is 0 Å². The number of amides is 1. The summed E-state index contributed by atoms with van der Waals surface area (Å²) in [5.74, 6) is 0.711. The van der Waals surface area contributed by atoms with E-state index in [1.165, 1.54) is 0 Å². The zero-order chi connectivity index (χ0) is 16.8. The molecule has 2 rings (SSSR count). The Balaban J connectivity index is 2.07. The first-order chi connectivity index (χ1) is 11.0. The number of hydrogen-bond acceptors (Lipinski definition) is 2. The van der Waals surface area contributed by atoms with Crippen LogP contribution < -0.4 is 4.74 Å². The highest BCUT2D eigenvalue weighted by Crippen LogP contribution is 2.21. The number of hydrogen-bond donors (Lipinski definition) is 0. The Hall–Kier alpha value is -2.26. The zero-order valence-corrected chi connectivity index (χ0v) is 14.3. The molecule has 0 radical (unpaired) electrons. The van der Waals surface area contributed by atoms with Crippen molar-refractivity contribution in [1.82, 2.24) is 4.90 Å². The normalized spacial score (nSPS) is 10.8. The van der Waals surface area contributed by atoms with Crippen LogP contribution in [0.2, 0.25) is 5.02 Å². The topological polar surface area (TPSA) is 29.5 Å². The Bertz CT molecular complexity index is 725. The summed E-state index contributed by atoms with van der Waals surface area (Å²) in [5.41, 5.74) is 3.02. The molecule has 23 heavy (non-hydrogen) atoms. The Morgan fingerprint density at radius 2 is 2.04 bits per heavy atom. The van der Waals surface area contributed by atoms with Crippen LogP contribution in [0.1, 0.15) is 16.7 Å². The number of halogens is 1. The molecule has 4 heteroatoms. The summed E-state index contributed by atoms with van der Waals surface area (Å²) >= 11 is 5.94. The number of nitrogens with zero attached hydrogens (tertiary/aromatic N) is 1. The van der Waals surface area contributed by atoms with Crippen molar-refractivity contribution >= 4 is 23.6 Å². The third-order valence-corrected chi connectivity index (χ3v) is 3.72. The van der Waals surface area contributed by atoms with Gasteiger partial charge in [-0.3, -0.25) is 4.79 Å². The van der Waals surface area contributed by atoms with Crippen LogP contribution in [0, 0.1) is 6.92 Å². The first-order valence-corrected chi connectivity index (χ1v) is 7.69. The Kier molecular flexibility index (Phi) is 5.83. The van der Waals surface area contributed by atoms with E-state index in [9.17, 15) is 4.79 Å². The van der Waals surface area contributed by atoms with Crippen LogP contribution in [0.25, 0.3) is 6.08 Å². The lowest BCUT2D eigenvalue weighted by Gasteiger charge is -2.17. The molecule has 0 saturated heterocycles. The molecule has 2 aromatic carbocycles. The second-order valence-electron chi connectivity index (χ2n) is 5.40. The smallest absolute Gasteiger partial charge is 0.246 e. The van der Waals surface area contributed by atoms with Crippen LogP contribution in [-0.4, -0.2) is 25.0 Å². The molecule has 0 fully saturated rings. The van der Waals surface area contributed by atoms with E-state index in [1.54, 1.807) is 37.3 Å². The maximum atomic E-state index is 12.3. The van der Waals surface area contributed by atoms with Crippen LogP contribution in [-0.2, 0) is 11.3 Å². The van der Waals surface area contributed by atoms with Gasteiger partial charge in [-0.1, -0.05) is 41.4 Å². The van der Waals surface area contributed by atoms with Gasteiger partial charge in [0.05, 0.1) is 7.11 Å². The molecular weight excluding hydrogens is 310 g/mol. The number of carbonyl (C=O) groups is 1. The highest BCUT2D eigenvalue weighted by Gasteiger charge is 2.10. The van der Waals surface area contributed by atoms with Gasteiger partial charge < -0.3 is 9.64 Å². The van der Waals surface area contributed by atoms with Gasteiger partial charge in [0.15, 0.2) is 0 Å². The lowest BCUT2D eigenvalue weighted by Crippen LogP contribution is -2.24. The Labute approximate surface area is 142 Å². The van der Waals surface area contributed by atoms with Gasteiger partial charge in [0, 0.05) is 30.3 Å². The van der Waals surface area contributed by atoms with Gasteiger partial charge in [-0.2, -0.15) is 0 Å². The Morgan fingerprint density at radius 3 is 2.74 bits per heavy atom. The molecule has 0 aliphatic heterocycles. The van der Waals surface area contributed by atoms with Crippen molar-refractivity contribution in [2.45, 2.75) is 13.5 Å². The SMILES string of the molecule is COc1ccc(C)cc1CN(C)C(=O)/C=C/c1cccc(Cl)c1. The van der Waals surface area contributed by atoms with Crippen molar-refractivity contribution in [2.75, 3.05) is 14.2 Å². The minimum absolute atomic E-state index is 0.0754. The summed E-state index contributed by atoms with van der Waals surface area (Å²) in [6.45, 7) is 2.51. The summed E-state index contributed by atoms with van der Waals surface area (Å²) in [6.07, 6.45) is 3.31. The van der Waals surface area contributed by atoms with E-state index in [-0.39, 0.29) is 5.91 Å².